The molecule has 1 unspecified atom stereocenters. The highest BCUT2D eigenvalue weighted by molar-refractivity contribution is 6.31. The molecule has 0 bridgehead atoms. The SMILES string of the molecule is COCC(F)(CCCN)c1c(Cl)cnn1C. The van der Waals surface area contributed by atoms with Crippen molar-refractivity contribution in [3.8, 4) is 0 Å². The zero-order valence-corrected chi connectivity index (χ0v) is 10.3. The highest BCUT2D eigenvalue weighted by Gasteiger charge is 2.36. The largest absolute Gasteiger partial charge is 0.381 e. The molecule has 1 rings (SSSR count). The van der Waals surface area contributed by atoms with Gasteiger partial charge in [-0.15, -0.1) is 0 Å². The van der Waals surface area contributed by atoms with Gasteiger partial charge in [0, 0.05) is 14.2 Å². The summed E-state index contributed by atoms with van der Waals surface area (Å²) in [5, 5.41) is 4.25. The second kappa shape index (κ2) is 5.61. The lowest BCUT2D eigenvalue weighted by Gasteiger charge is -2.25. The average Bonchev–Trinajstić information content (AvgIpc) is 2.56. The molecule has 0 aromatic carbocycles. The maximum atomic E-state index is 14.7. The smallest absolute Gasteiger partial charge is 0.176 e. The Bertz CT molecular complexity index is 325. The third-order valence-corrected chi connectivity index (χ3v) is 2.75. The standard InChI is InChI=1S/C10H17ClFN3O/c1-15-9(8(11)6-14-15)10(12,7-16-2)4-3-5-13/h6H,3-5,7,13H2,1-2H3. The van der Waals surface area contributed by atoms with Gasteiger partial charge in [0.15, 0.2) is 5.67 Å². The van der Waals surface area contributed by atoms with Crippen molar-refractivity contribution >= 4 is 11.6 Å². The van der Waals surface area contributed by atoms with Crippen molar-refractivity contribution in [2.45, 2.75) is 18.5 Å². The summed E-state index contributed by atoms with van der Waals surface area (Å²) < 4.78 is 21.1. The fourth-order valence-electron chi connectivity index (χ4n) is 1.78. The molecule has 1 aromatic heterocycles. The molecule has 0 aliphatic carbocycles. The first-order valence-electron chi connectivity index (χ1n) is 5.11. The van der Waals surface area contributed by atoms with Crippen molar-refractivity contribution in [2.75, 3.05) is 20.3 Å². The molecule has 0 saturated carbocycles. The summed E-state index contributed by atoms with van der Waals surface area (Å²) in [6.45, 7) is 0.386. The number of hydrogen-bond acceptors (Lipinski definition) is 3. The third-order valence-electron chi connectivity index (χ3n) is 2.47. The fourth-order valence-corrected chi connectivity index (χ4v) is 2.12. The van der Waals surface area contributed by atoms with Gasteiger partial charge in [0.1, 0.15) is 0 Å². The van der Waals surface area contributed by atoms with Gasteiger partial charge in [-0.3, -0.25) is 4.68 Å². The monoisotopic (exact) mass is 249 g/mol. The maximum Gasteiger partial charge on any atom is 0.176 e. The Kier molecular flexibility index (Phi) is 4.70. The minimum atomic E-state index is -1.63. The van der Waals surface area contributed by atoms with Crippen molar-refractivity contribution < 1.29 is 9.13 Å². The normalized spacial score (nSPS) is 15.1. The quantitative estimate of drug-likeness (QED) is 0.834. The van der Waals surface area contributed by atoms with Gasteiger partial charge in [-0.2, -0.15) is 5.10 Å². The third kappa shape index (κ3) is 2.72. The number of methoxy groups -OCH3 is 1. The first-order chi connectivity index (χ1) is 7.55. The molecule has 0 radical (unpaired) electrons. The Labute approximate surface area is 99.5 Å². The van der Waals surface area contributed by atoms with Gasteiger partial charge in [-0.1, -0.05) is 11.6 Å². The van der Waals surface area contributed by atoms with E-state index in [0.717, 1.165) is 0 Å². The lowest BCUT2D eigenvalue weighted by molar-refractivity contribution is 0.0244. The van der Waals surface area contributed by atoms with Crippen LogP contribution in [0.25, 0.3) is 0 Å². The number of alkyl halides is 1. The predicted octanol–water partition coefficient (Wildman–Crippen LogP) is 1.62. The summed E-state index contributed by atoms with van der Waals surface area (Å²) in [4.78, 5) is 0. The minimum Gasteiger partial charge on any atom is -0.381 e. The summed E-state index contributed by atoms with van der Waals surface area (Å²) in [7, 11) is 3.12. The van der Waals surface area contributed by atoms with E-state index in [9.17, 15) is 4.39 Å². The molecule has 0 fully saturated rings. The number of aryl methyl sites for hydroxylation is 1. The zero-order valence-electron chi connectivity index (χ0n) is 9.54. The average molecular weight is 250 g/mol. The van der Waals surface area contributed by atoms with Crippen LogP contribution in [0, 0.1) is 0 Å². The van der Waals surface area contributed by atoms with Crippen LogP contribution < -0.4 is 5.73 Å². The van der Waals surface area contributed by atoms with E-state index >= 15 is 0 Å². The maximum absolute atomic E-state index is 14.7. The zero-order chi connectivity index (χ0) is 12.2. The Morgan fingerprint density at radius 1 is 1.69 bits per heavy atom. The van der Waals surface area contributed by atoms with Gasteiger partial charge in [-0.05, 0) is 19.4 Å². The minimum absolute atomic E-state index is 0.0494. The molecule has 16 heavy (non-hydrogen) atoms. The number of nitrogens with zero attached hydrogens (tertiary/aromatic N) is 2. The summed E-state index contributed by atoms with van der Waals surface area (Å²) in [5.74, 6) is 0. The molecule has 1 aromatic rings. The molecule has 1 atom stereocenters. The van der Waals surface area contributed by atoms with Gasteiger partial charge in [-0.25, -0.2) is 4.39 Å². The van der Waals surface area contributed by atoms with Crippen molar-refractivity contribution in [1.29, 1.82) is 0 Å². The van der Waals surface area contributed by atoms with Gasteiger partial charge < -0.3 is 10.5 Å². The van der Waals surface area contributed by atoms with E-state index in [1.165, 1.54) is 18.0 Å². The molecular formula is C10H17ClFN3O. The number of ether oxygens (including phenoxy) is 1. The first-order valence-corrected chi connectivity index (χ1v) is 5.49. The van der Waals surface area contributed by atoms with E-state index in [4.69, 9.17) is 22.1 Å². The summed E-state index contributed by atoms with van der Waals surface area (Å²) >= 11 is 5.93. The number of hydrogen-bond donors (Lipinski definition) is 1. The van der Waals surface area contributed by atoms with Crippen LogP contribution in [0.2, 0.25) is 5.02 Å². The molecule has 92 valence electrons. The van der Waals surface area contributed by atoms with Gasteiger partial charge in [0.25, 0.3) is 0 Å². The summed E-state index contributed by atoms with van der Waals surface area (Å²) in [5.41, 5.74) is 4.12. The molecule has 1 heterocycles. The van der Waals surface area contributed by atoms with Crippen LogP contribution in [0.1, 0.15) is 18.5 Å². The van der Waals surface area contributed by atoms with E-state index in [1.807, 2.05) is 0 Å². The van der Waals surface area contributed by atoms with Crippen molar-refractivity contribution in [3.05, 3.63) is 16.9 Å². The second-order valence-corrected chi connectivity index (χ2v) is 4.16. The second-order valence-electron chi connectivity index (χ2n) is 3.76. The molecule has 0 amide bonds. The van der Waals surface area contributed by atoms with Gasteiger partial charge in [0.05, 0.1) is 23.5 Å². The van der Waals surface area contributed by atoms with Crippen LogP contribution >= 0.6 is 11.6 Å². The van der Waals surface area contributed by atoms with Crippen LogP contribution in [0.5, 0.6) is 0 Å². The van der Waals surface area contributed by atoms with Crippen molar-refractivity contribution in [3.63, 3.8) is 0 Å². The van der Waals surface area contributed by atoms with Crippen LogP contribution in [0.4, 0.5) is 4.39 Å². The Morgan fingerprint density at radius 3 is 2.81 bits per heavy atom. The van der Waals surface area contributed by atoms with Crippen LogP contribution in [0.15, 0.2) is 6.20 Å². The van der Waals surface area contributed by atoms with E-state index in [2.05, 4.69) is 5.10 Å². The van der Waals surface area contributed by atoms with Crippen LogP contribution in [0.3, 0.4) is 0 Å². The summed E-state index contributed by atoms with van der Waals surface area (Å²) in [6.07, 6.45) is 2.28. The predicted molar refractivity (Wildman–Crippen MR) is 61.2 cm³/mol. The topological polar surface area (TPSA) is 53.1 Å². The molecular weight excluding hydrogens is 233 g/mol. The van der Waals surface area contributed by atoms with Gasteiger partial charge in [0.2, 0.25) is 0 Å². The molecule has 6 heteroatoms. The van der Waals surface area contributed by atoms with Gasteiger partial charge >= 0.3 is 0 Å². The lowest BCUT2D eigenvalue weighted by atomic mass is 9.96. The van der Waals surface area contributed by atoms with Crippen molar-refractivity contribution in [2.24, 2.45) is 12.8 Å². The molecule has 0 aliphatic heterocycles. The Balaban J connectivity index is 3.00. The number of aromatic nitrogens is 2. The summed E-state index contributed by atoms with van der Waals surface area (Å²) in [6, 6.07) is 0. The molecule has 2 N–H and O–H groups in total. The van der Waals surface area contributed by atoms with Crippen LogP contribution in [-0.2, 0) is 17.5 Å². The number of halogens is 2. The fraction of sp³-hybridized carbons (Fsp3) is 0.700. The van der Waals surface area contributed by atoms with E-state index in [-0.39, 0.29) is 13.0 Å². The highest BCUT2D eigenvalue weighted by atomic mass is 35.5. The van der Waals surface area contributed by atoms with Crippen molar-refractivity contribution in [1.82, 2.24) is 9.78 Å². The van der Waals surface area contributed by atoms with E-state index in [0.29, 0.717) is 23.7 Å². The highest BCUT2D eigenvalue weighted by Crippen LogP contribution is 2.35. The van der Waals surface area contributed by atoms with E-state index < -0.39 is 5.67 Å². The molecule has 4 nitrogen and oxygen atoms in total. The Morgan fingerprint density at radius 2 is 2.38 bits per heavy atom. The van der Waals surface area contributed by atoms with Crippen LogP contribution in [-0.4, -0.2) is 30.0 Å². The number of rotatable bonds is 6. The molecule has 0 aliphatic rings. The van der Waals surface area contributed by atoms with E-state index in [1.54, 1.807) is 7.05 Å². The molecule has 0 saturated heterocycles. The molecule has 0 spiro atoms. The lowest BCUT2D eigenvalue weighted by Crippen LogP contribution is -2.30. The number of nitrogens with two attached hydrogens (primary N) is 1. The first kappa shape index (κ1) is 13.4. The Hall–Kier alpha value is -0.650.